The molecule has 0 fully saturated rings. The molecule has 0 saturated carbocycles. The minimum absolute atomic E-state index is 0.141. The predicted molar refractivity (Wildman–Crippen MR) is 162 cm³/mol. The Morgan fingerprint density at radius 2 is 1.62 bits per heavy atom. The largest absolute Gasteiger partial charge is 0.489 e. The second kappa shape index (κ2) is 11.2. The van der Waals surface area contributed by atoms with Gasteiger partial charge in [0.05, 0.1) is 16.8 Å². The number of hydrogen-bond acceptors (Lipinski definition) is 4. The van der Waals surface area contributed by atoms with Crippen molar-refractivity contribution in [2.75, 3.05) is 6.26 Å². The average Bonchev–Trinajstić information content (AvgIpc) is 3.22. The number of carbonyl (C=O) groups excluding carboxylic acids is 1. The van der Waals surface area contributed by atoms with Gasteiger partial charge < -0.3 is 14.0 Å². The SMILES string of the molecule is CSc1c(OC(=O)CC(C)(C)C)cc(C)c2c3ccccc3n(Cc3cccc(OCc4ccccc4)c3)c12. The van der Waals surface area contributed by atoms with E-state index in [2.05, 4.69) is 60.0 Å². The predicted octanol–water partition coefficient (Wildman–Crippen LogP) is 8.79. The quantitative estimate of drug-likeness (QED) is 0.113. The van der Waals surface area contributed by atoms with Crippen LogP contribution < -0.4 is 9.47 Å². The maximum absolute atomic E-state index is 12.8. The molecular formula is C34H35NO3S. The summed E-state index contributed by atoms with van der Waals surface area (Å²) >= 11 is 1.62. The van der Waals surface area contributed by atoms with Crippen LogP contribution in [0.25, 0.3) is 21.8 Å². The van der Waals surface area contributed by atoms with Crippen molar-refractivity contribution in [3.8, 4) is 11.5 Å². The van der Waals surface area contributed by atoms with Gasteiger partial charge in [0, 0.05) is 22.8 Å². The Balaban J connectivity index is 1.56. The first-order valence-corrected chi connectivity index (χ1v) is 14.5. The number of rotatable bonds is 8. The van der Waals surface area contributed by atoms with E-state index in [9.17, 15) is 4.79 Å². The Morgan fingerprint density at radius 1 is 0.897 bits per heavy atom. The molecule has 0 amide bonds. The van der Waals surface area contributed by atoms with Crippen LogP contribution in [-0.4, -0.2) is 16.8 Å². The monoisotopic (exact) mass is 537 g/mol. The van der Waals surface area contributed by atoms with Gasteiger partial charge in [-0.1, -0.05) is 81.4 Å². The molecule has 5 heteroatoms. The van der Waals surface area contributed by atoms with Gasteiger partial charge in [-0.3, -0.25) is 4.79 Å². The van der Waals surface area contributed by atoms with Crippen LogP contribution in [0.1, 0.15) is 43.9 Å². The summed E-state index contributed by atoms with van der Waals surface area (Å²) in [5.74, 6) is 1.27. The van der Waals surface area contributed by atoms with Crippen molar-refractivity contribution in [1.29, 1.82) is 0 Å². The fourth-order valence-electron chi connectivity index (χ4n) is 5.08. The van der Waals surface area contributed by atoms with E-state index in [1.165, 1.54) is 10.8 Å². The van der Waals surface area contributed by atoms with E-state index in [1.54, 1.807) is 11.8 Å². The number of hydrogen-bond donors (Lipinski definition) is 0. The molecule has 5 aromatic rings. The summed E-state index contributed by atoms with van der Waals surface area (Å²) in [7, 11) is 0. The fraction of sp³-hybridized carbons (Fsp3) is 0.265. The molecule has 1 heterocycles. The van der Waals surface area contributed by atoms with Crippen molar-refractivity contribution in [2.24, 2.45) is 5.41 Å². The Labute approximate surface area is 234 Å². The van der Waals surface area contributed by atoms with E-state index < -0.39 is 0 Å². The normalized spacial score (nSPS) is 11.7. The highest BCUT2D eigenvalue weighted by Gasteiger charge is 2.23. The highest BCUT2D eigenvalue weighted by atomic mass is 32.2. The first-order valence-electron chi connectivity index (χ1n) is 13.3. The summed E-state index contributed by atoms with van der Waals surface area (Å²) in [5.41, 5.74) is 5.48. The average molecular weight is 538 g/mol. The highest BCUT2D eigenvalue weighted by molar-refractivity contribution is 7.99. The molecule has 1 aromatic heterocycles. The summed E-state index contributed by atoms with van der Waals surface area (Å²) in [6, 6.07) is 29.0. The van der Waals surface area contributed by atoms with Crippen LogP contribution in [0.2, 0.25) is 0 Å². The van der Waals surface area contributed by atoms with Gasteiger partial charge in [0.15, 0.2) is 0 Å². The number of nitrogens with zero attached hydrogens (tertiary/aromatic N) is 1. The second-order valence-corrected chi connectivity index (χ2v) is 12.0. The zero-order valence-corrected chi connectivity index (χ0v) is 24.1. The number of aryl methyl sites for hydroxylation is 1. The molecule has 0 saturated heterocycles. The highest BCUT2D eigenvalue weighted by Crippen LogP contribution is 2.43. The molecule has 0 spiro atoms. The van der Waals surface area contributed by atoms with Crippen LogP contribution in [0.15, 0.2) is 89.8 Å². The van der Waals surface area contributed by atoms with Crippen LogP contribution in [0.4, 0.5) is 0 Å². The van der Waals surface area contributed by atoms with Crippen LogP contribution in [0.3, 0.4) is 0 Å². The summed E-state index contributed by atoms with van der Waals surface area (Å²) in [4.78, 5) is 13.8. The molecule has 0 unspecified atom stereocenters. The van der Waals surface area contributed by atoms with E-state index in [-0.39, 0.29) is 11.4 Å². The van der Waals surface area contributed by atoms with Crippen molar-refractivity contribution in [3.63, 3.8) is 0 Å². The van der Waals surface area contributed by atoms with Gasteiger partial charge in [-0.2, -0.15) is 0 Å². The third-order valence-corrected chi connectivity index (χ3v) is 7.54. The molecule has 4 aromatic carbocycles. The van der Waals surface area contributed by atoms with Gasteiger partial charge in [-0.25, -0.2) is 0 Å². The number of fused-ring (bicyclic) bond motifs is 3. The lowest BCUT2D eigenvalue weighted by Crippen LogP contribution is -2.18. The maximum atomic E-state index is 12.8. The van der Waals surface area contributed by atoms with E-state index in [0.717, 1.165) is 38.4 Å². The van der Waals surface area contributed by atoms with Gasteiger partial charge in [0.1, 0.15) is 18.1 Å². The molecule has 0 atom stereocenters. The molecule has 5 rings (SSSR count). The van der Waals surface area contributed by atoms with Gasteiger partial charge in [0.25, 0.3) is 0 Å². The van der Waals surface area contributed by atoms with Crippen molar-refractivity contribution < 1.29 is 14.3 Å². The van der Waals surface area contributed by atoms with Crippen LogP contribution >= 0.6 is 11.8 Å². The number of thioether (sulfide) groups is 1. The van der Waals surface area contributed by atoms with E-state index in [1.807, 2.05) is 63.4 Å². The molecule has 4 nitrogen and oxygen atoms in total. The standard InChI is InChI=1S/C34H35NO3S/c1-23-18-29(38-30(36)20-34(2,3)4)33(39-5)32-31(23)27-16-9-10-17-28(27)35(32)21-25-14-11-15-26(19-25)37-22-24-12-7-6-8-13-24/h6-19H,20-22H2,1-5H3. The Morgan fingerprint density at radius 3 is 2.36 bits per heavy atom. The number of para-hydroxylation sites is 1. The lowest BCUT2D eigenvalue weighted by molar-refractivity contribution is -0.136. The smallest absolute Gasteiger partial charge is 0.311 e. The molecule has 0 aliphatic carbocycles. The van der Waals surface area contributed by atoms with Crippen LogP contribution in [0, 0.1) is 12.3 Å². The van der Waals surface area contributed by atoms with Crippen molar-refractivity contribution in [3.05, 3.63) is 102 Å². The molecule has 0 radical (unpaired) electrons. The third-order valence-electron chi connectivity index (χ3n) is 6.74. The number of esters is 1. The molecule has 0 N–H and O–H groups in total. The summed E-state index contributed by atoms with van der Waals surface area (Å²) in [5, 5.41) is 2.39. The number of carbonyl (C=O) groups is 1. The lowest BCUT2D eigenvalue weighted by atomic mass is 9.92. The van der Waals surface area contributed by atoms with Crippen molar-refractivity contribution >= 4 is 39.5 Å². The van der Waals surface area contributed by atoms with Gasteiger partial charge in [-0.15, -0.1) is 11.8 Å². The number of aromatic nitrogens is 1. The number of benzene rings is 4. The van der Waals surface area contributed by atoms with E-state index >= 15 is 0 Å². The van der Waals surface area contributed by atoms with Crippen LogP contribution in [-0.2, 0) is 17.9 Å². The zero-order chi connectivity index (χ0) is 27.6. The fourth-order valence-corrected chi connectivity index (χ4v) is 5.78. The third kappa shape index (κ3) is 5.99. The summed E-state index contributed by atoms with van der Waals surface area (Å²) in [6.07, 6.45) is 2.40. The topological polar surface area (TPSA) is 40.5 Å². The molecule has 0 aliphatic rings. The first kappa shape index (κ1) is 26.9. The van der Waals surface area contributed by atoms with Gasteiger partial charge >= 0.3 is 5.97 Å². The Hall–Kier alpha value is -3.70. The second-order valence-electron chi connectivity index (χ2n) is 11.2. The zero-order valence-electron chi connectivity index (χ0n) is 23.3. The van der Waals surface area contributed by atoms with Gasteiger partial charge in [-0.05, 0) is 59.6 Å². The van der Waals surface area contributed by atoms with Crippen LogP contribution in [0.5, 0.6) is 11.5 Å². The maximum Gasteiger partial charge on any atom is 0.311 e. The number of ether oxygens (including phenoxy) is 2. The molecular weight excluding hydrogens is 502 g/mol. The lowest BCUT2D eigenvalue weighted by Gasteiger charge is -2.19. The Bertz CT molecular complexity index is 1630. The molecule has 200 valence electrons. The Kier molecular flexibility index (Phi) is 7.72. The van der Waals surface area contributed by atoms with E-state index in [4.69, 9.17) is 9.47 Å². The summed E-state index contributed by atoms with van der Waals surface area (Å²) < 4.78 is 14.5. The minimum atomic E-state index is -0.206. The van der Waals surface area contributed by atoms with Crippen molar-refractivity contribution in [2.45, 2.75) is 52.2 Å². The van der Waals surface area contributed by atoms with E-state index in [0.29, 0.717) is 25.3 Å². The summed E-state index contributed by atoms with van der Waals surface area (Å²) in [6.45, 7) is 9.44. The van der Waals surface area contributed by atoms with Crippen molar-refractivity contribution in [1.82, 2.24) is 4.57 Å². The molecule has 0 aliphatic heterocycles. The van der Waals surface area contributed by atoms with Gasteiger partial charge in [0.2, 0.25) is 0 Å². The molecule has 39 heavy (non-hydrogen) atoms. The first-order chi connectivity index (χ1) is 18.7. The molecule has 0 bridgehead atoms. The minimum Gasteiger partial charge on any atom is -0.489 e.